The van der Waals surface area contributed by atoms with Crippen molar-refractivity contribution < 1.29 is 0 Å². The van der Waals surface area contributed by atoms with Gasteiger partial charge in [0.1, 0.15) is 0 Å². The third-order valence-corrected chi connectivity index (χ3v) is 4.70. The molecule has 0 amide bonds. The molecule has 100 valence electrons. The molecule has 2 saturated carbocycles. The zero-order chi connectivity index (χ0) is 12.5. The summed E-state index contributed by atoms with van der Waals surface area (Å²) in [5.41, 5.74) is 0. The zero-order valence-electron chi connectivity index (χ0n) is 12.1. The summed E-state index contributed by atoms with van der Waals surface area (Å²) in [5, 5.41) is 0. The van der Waals surface area contributed by atoms with Crippen molar-refractivity contribution in [2.75, 3.05) is 0 Å². The summed E-state index contributed by atoms with van der Waals surface area (Å²) in [7, 11) is 0. The number of rotatable bonds is 5. The number of fused-ring (bicyclic) bond motifs is 1. The predicted octanol–water partition coefficient (Wildman–Crippen LogP) is 5.98. The first-order chi connectivity index (χ1) is 8.29. The van der Waals surface area contributed by atoms with E-state index in [1.54, 1.807) is 19.3 Å². The van der Waals surface area contributed by atoms with Crippen molar-refractivity contribution >= 4 is 0 Å². The Balaban J connectivity index is 0.000000172. The third kappa shape index (κ3) is 5.27. The Morgan fingerprint density at radius 2 is 1.88 bits per heavy atom. The van der Waals surface area contributed by atoms with E-state index in [0.29, 0.717) is 0 Å². The number of allylic oxidation sites excluding steroid dienone is 1. The van der Waals surface area contributed by atoms with Crippen LogP contribution in [0.5, 0.6) is 0 Å². The van der Waals surface area contributed by atoms with Gasteiger partial charge in [-0.25, -0.2) is 0 Å². The summed E-state index contributed by atoms with van der Waals surface area (Å²) in [6.45, 7) is 8.33. The van der Waals surface area contributed by atoms with Crippen LogP contribution in [0.1, 0.15) is 78.1 Å². The van der Waals surface area contributed by atoms with Crippen LogP contribution in [0.4, 0.5) is 0 Å². The van der Waals surface area contributed by atoms with E-state index in [1.165, 1.54) is 44.9 Å². The second kappa shape index (κ2) is 8.78. The van der Waals surface area contributed by atoms with Gasteiger partial charge in [0, 0.05) is 0 Å². The number of hydrogen-bond donors (Lipinski definition) is 0. The molecule has 3 unspecified atom stereocenters. The highest BCUT2D eigenvalue weighted by Gasteiger charge is 2.36. The van der Waals surface area contributed by atoms with Crippen LogP contribution in [0, 0.1) is 17.8 Å². The second-order valence-corrected chi connectivity index (χ2v) is 6.05. The average molecular weight is 236 g/mol. The highest BCUT2D eigenvalue weighted by atomic mass is 14.4. The SMILES string of the molecule is C=CCCCCCC.CC1CCC2CCCC12. The summed E-state index contributed by atoms with van der Waals surface area (Å²) in [6, 6.07) is 0. The lowest BCUT2D eigenvalue weighted by Crippen LogP contribution is -2.04. The van der Waals surface area contributed by atoms with E-state index in [9.17, 15) is 0 Å². The first-order valence-corrected chi connectivity index (χ1v) is 7.90. The van der Waals surface area contributed by atoms with E-state index < -0.39 is 0 Å². The fraction of sp³-hybridized carbons (Fsp3) is 0.882. The largest absolute Gasteiger partial charge is 0.103 e. The van der Waals surface area contributed by atoms with Crippen LogP contribution in [0.2, 0.25) is 0 Å². The highest BCUT2D eigenvalue weighted by Crippen LogP contribution is 2.46. The van der Waals surface area contributed by atoms with Crippen LogP contribution >= 0.6 is 0 Å². The molecule has 2 rings (SSSR count). The van der Waals surface area contributed by atoms with Gasteiger partial charge < -0.3 is 0 Å². The van der Waals surface area contributed by atoms with E-state index in [2.05, 4.69) is 20.4 Å². The standard InChI is InChI=1S/C9H16.C8H16/c1-7-5-6-8-3-2-4-9(7)8;1-3-5-7-8-6-4-2/h7-9H,2-6H2,1H3;3H,1,4-8H2,2H3. The maximum atomic E-state index is 3.66. The first kappa shape index (κ1) is 14.8. The average Bonchev–Trinajstić information content (AvgIpc) is 2.92. The van der Waals surface area contributed by atoms with E-state index >= 15 is 0 Å². The van der Waals surface area contributed by atoms with Gasteiger partial charge in [-0.1, -0.05) is 58.4 Å². The smallest absolute Gasteiger partial charge is 0.0353 e. The van der Waals surface area contributed by atoms with Gasteiger partial charge in [0.2, 0.25) is 0 Å². The van der Waals surface area contributed by atoms with Gasteiger partial charge in [-0.3, -0.25) is 0 Å². The van der Waals surface area contributed by atoms with Gasteiger partial charge in [0.15, 0.2) is 0 Å². The minimum Gasteiger partial charge on any atom is -0.103 e. The topological polar surface area (TPSA) is 0 Å². The van der Waals surface area contributed by atoms with Crippen molar-refractivity contribution in [2.24, 2.45) is 17.8 Å². The molecule has 0 saturated heterocycles. The molecule has 2 aliphatic rings. The lowest BCUT2D eigenvalue weighted by atomic mass is 9.94. The molecule has 0 bridgehead atoms. The summed E-state index contributed by atoms with van der Waals surface area (Å²) in [4.78, 5) is 0. The predicted molar refractivity (Wildman–Crippen MR) is 78.2 cm³/mol. The summed E-state index contributed by atoms with van der Waals surface area (Å²) >= 11 is 0. The normalized spacial score (nSPS) is 30.6. The molecule has 0 aromatic carbocycles. The van der Waals surface area contributed by atoms with Gasteiger partial charge in [-0.05, 0) is 43.4 Å². The second-order valence-electron chi connectivity index (χ2n) is 6.05. The molecular weight excluding hydrogens is 204 g/mol. The van der Waals surface area contributed by atoms with Crippen LogP contribution in [0.3, 0.4) is 0 Å². The first-order valence-electron chi connectivity index (χ1n) is 7.90. The van der Waals surface area contributed by atoms with Crippen molar-refractivity contribution in [3.63, 3.8) is 0 Å². The Morgan fingerprint density at radius 3 is 2.53 bits per heavy atom. The lowest BCUT2D eigenvalue weighted by Gasteiger charge is -2.11. The lowest BCUT2D eigenvalue weighted by molar-refractivity contribution is 0.376. The minimum atomic E-state index is 1.07. The molecule has 2 aliphatic carbocycles. The molecule has 0 aromatic rings. The molecule has 0 spiro atoms. The monoisotopic (exact) mass is 236 g/mol. The Morgan fingerprint density at radius 1 is 1.06 bits per heavy atom. The molecule has 0 heteroatoms. The summed E-state index contributed by atoms with van der Waals surface area (Å²) in [5.74, 6) is 3.36. The molecule has 0 aliphatic heterocycles. The maximum absolute atomic E-state index is 3.66. The van der Waals surface area contributed by atoms with Crippen LogP contribution in [-0.4, -0.2) is 0 Å². The third-order valence-electron chi connectivity index (χ3n) is 4.70. The van der Waals surface area contributed by atoms with Gasteiger partial charge >= 0.3 is 0 Å². The Hall–Kier alpha value is -0.260. The molecular formula is C17H32. The zero-order valence-corrected chi connectivity index (χ0v) is 12.1. The highest BCUT2D eigenvalue weighted by molar-refractivity contribution is 4.86. The van der Waals surface area contributed by atoms with Gasteiger partial charge in [0.25, 0.3) is 0 Å². The number of hydrogen-bond acceptors (Lipinski definition) is 0. The molecule has 0 heterocycles. The van der Waals surface area contributed by atoms with Gasteiger partial charge in [0.05, 0.1) is 0 Å². The van der Waals surface area contributed by atoms with Crippen LogP contribution < -0.4 is 0 Å². The van der Waals surface area contributed by atoms with Crippen LogP contribution in [0.15, 0.2) is 12.7 Å². The quantitative estimate of drug-likeness (QED) is 0.407. The maximum Gasteiger partial charge on any atom is -0.0353 e. The summed E-state index contributed by atoms with van der Waals surface area (Å²) < 4.78 is 0. The fourth-order valence-electron chi connectivity index (χ4n) is 3.58. The minimum absolute atomic E-state index is 1.07. The molecule has 0 aromatic heterocycles. The summed E-state index contributed by atoms with van der Waals surface area (Å²) in [6.07, 6.45) is 16.3. The van der Waals surface area contributed by atoms with Gasteiger partial charge in [-0.15, -0.1) is 6.58 Å². The molecule has 2 fully saturated rings. The Bertz CT molecular complexity index is 194. The molecule has 0 radical (unpaired) electrons. The molecule has 3 atom stereocenters. The van der Waals surface area contributed by atoms with Crippen molar-refractivity contribution in [1.82, 2.24) is 0 Å². The molecule has 0 N–H and O–H groups in total. The Labute approximate surface area is 109 Å². The fourth-order valence-corrected chi connectivity index (χ4v) is 3.58. The molecule has 17 heavy (non-hydrogen) atoms. The molecule has 0 nitrogen and oxygen atoms in total. The number of unbranched alkanes of at least 4 members (excludes halogenated alkanes) is 4. The van der Waals surface area contributed by atoms with E-state index in [-0.39, 0.29) is 0 Å². The van der Waals surface area contributed by atoms with Crippen molar-refractivity contribution in [2.45, 2.75) is 78.1 Å². The van der Waals surface area contributed by atoms with Crippen LogP contribution in [-0.2, 0) is 0 Å². The van der Waals surface area contributed by atoms with E-state index in [4.69, 9.17) is 0 Å². The van der Waals surface area contributed by atoms with Crippen molar-refractivity contribution in [3.05, 3.63) is 12.7 Å². The van der Waals surface area contributed by atoms with Crippen molar-refractivity contribution in [1.29, 1.82) is 0 Å². The van der Waals surface area contributed by atoms with Crippen LogP contribution in [0.25, 0.3) is 0 Å². The van der Waals surface area contributed by atoms with E-state index in [1.807, 2.05) is 6.08 Å². The van der Waals surface area contributed by atoms with E-state index in [0.717, 1.165) is 17.8 Å². The van der Waals surface area contributed by atoms with Crippen molar-refractivity contribution in [3.8, 4) is 0 Å². The Kier molecular flexibility index (Phi) is 7.64. The van der Waals surface area contributed by atoms with Gasteiger partial charge in [-0.2, -0.15) is 0 Å².